The van der Waals surface area contributed by atoms with Crippen LogP contribution < -0.4 is 5.32 Å². The summed E-state index contributed by atoms with van der Waals surface area (Å²) in [5.41, 5.74) is 5.50. The Bertz CT molecular complexity index is 1200. The molecule has 0 unspecified atom stereocenters. The quantitative estimate of drug-likeness (QED) is 0.481. The normalized spacial score (nSPS) is 10.9. The summed E-state index contributed by atoms with van der Waals surface area (Å²) < 4.78 is 14.9. The van der Waals surface area contributed by atoms with Crippen LogP contribution in [0.25, 0.3) is 5.13 Å². The summed E-state index contributed by atoms with van der Waals surface area (Å²) in [6, 6.07) is 15.9. The summed E-state index contributed by atoms with van der Waals surface area (Å²) >= 11 is 1.29. The van der Waals surface area contributed by atoms with E-state index in [1.165, 1.54) is 41.2 Å². The summed E-state index contributed by atoms with van der Waals surface area (Å²) in [4.78, 5) is 17.8. The van der Waals surface area contributed by atoms with Gasteiger partial charge in [-0.1, -0.05) is 41.7 Å². The summed E-state index contributed by atoms with van der Waals surface area (Å²) in [7, 11) is 0. The van der Waals surface area contributed by atoms with Crippen molar-refractivity contribution in [3.63, 3.8) is 0 Å². The van der Waals surface area contributed by atoms with Crippen LogP contribution in [0.2, 0.25) is 0 Å². The fourth-order valence-corrected chi connectivity index (χ4v) is 4.29. The Morgan fingerprint density at radius 1 is 1.03 bits per heavy atom. The first-order chi connectivity index (χ1) is 14.4. The Labute approximate surface area is 178 Å². The zero-order valence-corrected chi connectivity index (χ0v) is 17.8. The van der Waals surface area contributed by atoms with Crippen LogP contribution in [-0.4, -0.2) is 20.7 Å². The van der Waals surface area contributed by atoms with Crippen molar-refractivity contribution < 1.29 is 9.18 Å². The maximum atomic E-state index is 13.1. The molecule has 2 aromatic heterocycles. The third-order valence-corrected chi connectivity index (χ3v) is 6.07. The van der Waals surface area contributed by atoms with Crippen LogP contribution >= 0.6 is 11.3 Å². The highest BCUT2D eigenvalue weighted by Crippen LogP contribution is 2.26. The van der Waals surface area contributed by atoms with Gasteiger partial charge in [-0.25, -0.2) is 14.1 Å². The second-order valence-electron chi connectivity index (χ2n) is 7.10. The van der Waals surface area contributed by atoms with Crippen LogP contribution in [0.5, 0.6) is 0 Å². The zero-order chi connectivity index (χ0) is 21.3. The van der Waals surface area contributed by atoms with Gasteiger partial charge in [0.05, 0.1) is 11.4 Å². The van der Waals surface area contributed by atoms with Crippen LogP contribution in [0.1, 0.15) is 37.9 Å². The van der Waals surface area contributed by atoms with Crippen LogP contribution in [0.3, 0.4) is 0 Å². The van der Waals surface area contributed by atoms with Gasteiger partial charge in [0.2, 0.25) is 5.13 Å². The minimum atomic E-state index is -0.347. The van der Waals surface area contributed by atoms with E-state index < -0.39 is 0 Å². The summed E-state index contributed by atoms with van der Waals surface area (Å²) in [6.07, 6.45) is 0.792. The average Bonchev–Trinajstić information content (AvgIpc) is 3.25. The summed E-state index contributed by atoms with van der Waals surface area (Å²) in [6.45, 7) is 5.81. The van der Waals surface area contributed by atoms with Gasteiger partial charge in [0.15, 0.2) is 0 Å². The average molecular weight is 421 g/mol. The van der Waals surface area contributed by atoms with Crippen LogP contribution in [0.15, 0.2) is 54.6 Å². The van der Waals surface area contributed by atoms with E-state index in [0.29, 0.717) is 21.4 Å². The fraction of sp³-hybridized carbons (Fsp3) is 0.174. The van der Waals surface area contributed by atoms with Gasteiger partial charge in [-0.15, -0.1) is 0 Å². The number of amides is 1. The number of carbonyl (C=O) groups is 1. The highest BCUT2D eigenvalue weighted by molar-refractivity contribution is 7.16. The van der Waals surface area contributed by atoms with Gasteiger partial charge in [0, 0.05) is 23.4 Å². The monoisotopic (exact) mass is 420 g/mol. The first kappa shape index (κ1) is 20.0. The Morgan fingerprint density at radius 3 is 2.43 bits per heavy atom. The minimum absolute atomic E-state index is 0.270. The SMILES string of the molecule is Cc1nc(-n2nc(C)c(Cc3ccccc3)c2C)sc1C(=O)Nc1ccc(F)cc1. The fourth-order valence-electron chi connectivity index (χ4n) is 3.32. The van der Waals surface area contributed by atoms with Crippen molar-refractivity contribution in [1.82, 2.24) is 14.8 Å². The van der Waals surface area contributed by atoms with Gasteiger partial charge in [-0.05, 0) is 50.6 Å². The lowest BCUT2D eigenvalue weighted by molar-refractivity contribution is 0.103. The van der Waals surface area contributed by atoms with E-state index in [1.807, 2.05) is 32.0 Å². The molecule has 152 valence electrons. The van der Waals surface area contributed by atoms with Crippen molar-refractivity contribution in [3.05, 3.63) is 93.5 Å². The van der Waals surface area contributed by atoms with E-state index in [9.17, 15) is 9.18 Å². The molecule has 0 radical (unpaired) electrons. The molecule has 0 aliphatic rings. The third-order valence-electron chi connectivity index (χ3n) is 4.94. The molecule has 0 bridgehead atoms. The molecule has 2 heterocycles. The minimum Gasteiger partial charge on any atom is -0.321 e. The Hall–Kier alpha value is -3.32. The molecule has 0 fully saturated rings. The van der Waals surface area contributed by atoms with Crippen molar-refractivity contribution in [1.29, 1.82) is 0 Å². The van der Waals surface area contributed by atoms with Crippen molar-refractivity contribution in [2.24, 2.45) is 0 Å². The number of nitrogens with zero attached hydrogens (tertiary/aromatic N) is 3. The van der Waals surface area contributed by atoms with Gasteiger partial charge < -0.3 is 5.32 Å². The highest BCUT2D eigenvalue weighted by Gasteiger charge is 2.20. The topological polar surface area (TPSA) is 59.8 Å². The molecule has 4 aromatic rings. The molecule has 0 aliphatic carbocycles. The van der Waals surface area contributed by atoms with Crippen molar-refractivity contribution in [3.8, 4) is 5.13 Å². The Kier molecular flexibility index (Phi) is 5.46. The molecule has 0 atom stereocenters. The lowest BCUT2D eigenvalue weighted by Crippen LogP contribution is -2.11. The summed E-state index contributed by atoms with van der Waals surface area (Å²) in [5.74, 6) is -0.617. The van der Waals surface area contributed by atoms with Gasteiger partial charge in [-0.2, -0.15) is 5.10 Å². The number of anilines is 1. The number of carbonyl (C=O) groups excluding carboxylic acids is 1. The molecular formula is C23H21FN4OS. The van der Waals surface area contributed by atoms with Gasteiger partial charge in [0.25, 0.3) is 5.91 Å². The van der Waals surface area contributed by atoms with Gasteiger partial charge >= 0.3 is 0 Å². The van der Waals surface area contributed by atoms with Crippen LogP contribution in [0, 0.1) is 26.6 Å². The molecular weight excluding hydrogens is 399 g/mol. The van der Waals surface area contributed by atoms with Crippen molar-refractivity contribution >= 4 is 22.9 Å². The molecule has 1 amide bonds. The summed E-state index contributed by atoms with van der Waals surface area (Å²) in [5, 5.41) is 8.12. The lowest BCUT2D eigenvalue weighted by atomic mass is 10.0. The van der Waals surface area contributed by atoms with E-state index in [4.69, 9.17) is 0 Å². The Balaban J connectivity index is 1.60. The maximum Gasteiger partial charge on any atom is 0.267 e. The van der Waals surface area contributed by atoms with Crippen LogP contribution in [-0.2, 0) is 6.42 Å². The second kappa shape index (κ2) is 8.20. The van der Waals surface area contributed by atoms with E-state index in [0.717, 1.165) is 23.4 Å². The molecule has 7 heteroatoms. The molecule has 30 heavy (non-hydrogen) atoms. The number of benzene rings is 2. The smallest absolute Gasteiger partial charge is 0.267 e. The molecule has 0 saturated heterocycles. The number of nitrogens with one attached hydrogen (secondary N) is 1. The number of halogens is 1. The third kappa shape index (κ3) is 4.02. The van der Waals surface area contributed by atoms with Gasteiger partial charge in [0.1, 0.15) is 10.7 Å². The first-order valence-corrected chi connectivity index (χ1v) is 10.4. The standard InChI is InChI=1S/C23H21FN4OS/c1-14-20(13-17-7-5-4-6-8-17)16(3)28(27-14)23-25-15(2)21(30-23)22(29)26-19-11-9-18(24)10-12-19/h4-12H,13H2,1-3H3,(H,26,29). The predicted octanol–water partition coefficient (Wildman–Crippen LogP) is 5.24. The van der Waals surface area contributed by atoms with Crippen LogP contribution in [0.4, 0.5) is 10.1 Å². The van der Waals surface area contributed by atoms with E-state index >= 15 is 0 Å². The molecule has 0 saturated carbocycles. The molecule has 2 aromatic carbocycles. The number of hydrogen-bond acceptors (Lipinski definition) is 4. The second-order valence-corrected chi connectivity index (χ2v) is 8.07. The van der Waals surface area contributed by atoms with Crippen molar-refractivity contribution in [2.45, 2.75) is 27.2 Å². The highest BCUT2D eigenvalue weighted by atomic mass is 32.1. The molecule has 0 spiro atoms. The van der Waals surface area contributed by atoms with E-state index in [1.54, 1.807) is 11.6 Å². The van der Waals surface area contributed by atoms with E-state index in [-0.39, 0.29) is 11.7 Å². The number of aryl methyl sites for hydroxylation is 2. The maximum absolute atomic E-state index is 13.1. The number of thiazole rings is 1. The lowest BCUT2D eigenvalue weighted by Gasteiger charge is -2.04. The first-order valence-electron chi connectivity index (χ1n) is 9.56. The molecule has 4 rings (SSSR count). The molecule has 0 aliphatic heterocycles. The number of hydrogen-bond donors (Lipinski definition) is 1. The number of rotatable bonds is 5. The predicted molar refractivity (Wildman–Crippen MR) is 117 cm³/mol. The molecule has 1 N–H and O–H groups in total. The van der Waals surface area contributed by atoms with Gasteiger partial charge in [-0.3, -0.25) is 4.79 Å². The number of aromatic nitrogens is 3. The molecule has 5 nitrogen and oxygen atoms in total. The van der Waals surface area contributed by atoms with E-state index in [2.05, 4.69) is 27.5 Å². The zero-order valence-electron chi connectivity index (χ0n) is 16.9. The Morgan fingerprint density at radius 2 is 1.73 bits per heavy atom. The largest absolute Gasteiger partial charge is 0.321 e. The van der Waals surface area contributed by atoms with Crippen molar-refractivity contribution in [2.75, 3.05) is 5.32 Å².